The summed E-state index contributed by atoms with van der Waals surface area (Å²) >= 11 is 0. The molecule has 5 nitrogen and oxygen atoms in total. The Balaban J connectivity index is 1.50. The Morgan fingerprint density at radius 3 is 2.32 bits per heavy atom. The second-order valence-electron chi connectivity index (χ2n) is 6.20. The summed E-state index contributed by atoms with van der Waals surface area (Å²) in [5, 5.41) is 5.74. The molecule has 0 atom stereocenters. The Bertz CT molecular complexity index is 897. The molecule has 5 heteroatoms. The summed E-state index contributed by atoms with van der Waals surface area (Å²) in [4.78, 5) is 12.2. The number of hydrogen-bond acceptors (Lipinski definition) is 3. The summed E-state index contributed by atoms with van der Waals surface area (Å²) in [6, 6.07) is 25.1. The minimum absolute atomic E-state index is 0.260. The van der Waals surface area contributed by atoms with Crippen molar-refractivity contribution in [1.29, 1.82) is 0 Å². The lowest BCUT2D eigenvalue weighted by atomic mass is 10.0. The molecule has 2 amide bonds. The zero-order valence-electron chi connectivity index (χ0n) is 15.9. The first-order valence-corrected chi connectivity index (χ1v) is 9.19. The largest absolute Gasteiger partial charge is 0.493 e. The number of nitrogens with one attached hydrogen (secondary N) is 2. The highest BCUT2D eigenvalue weighted by atomic mass is 16.5. The van der Waals surface area contributed by atoms with E-state index in [1.807, 2.05) is 66.7 Å². The zero-order chi connectivity index (χ0) is 19.6. The van der Waals surface area contributed by atoms with Crippen LogP contribution < -0.4 is 20.1 Å². The van der Waals surface area contributed by atoms with Crippen molar-refractivity contribution < 1.29 is 14.3 Å². The molecule has 0 saturated heterocycles. The van der Waals surface area contributed by atoms with E-state index in [1.165, 1.54) is 5.56 Å². The van der Waals surface area contributed by atoms with Crippen LogP contribution in [0.4, 0.5) is 10.5 Å². The van der Waals surface area contributed by atoms with E-state index in [9.17, 15) is 4.79 Å². The van der Waals surface area contributed by atoms with Crippen LogP contribution >= 0.6 is 0 Å². The number of para-hydroxylation sites is 3. The Kier molecular flexibility index (Phi) is 6.90. The van der Waals surface area contributed by atoms with Gasteiger partial charge in [-0.15, -0.1) is 0 Å². The van der Waals surface area contributed by atoms with Crippen LogP contribution in [0.25, 0.3) is 0 Å². The van der Waals surface area contributed by atoms with Gasteiger partial charge in [-0.3, -0.25) is 0 Å². The van der Waals surface area contributed by atoms with Crippen LogP contribution in [0, 0.1) is 0 Å². The van der Waals surface area contributed by atoms with E-state index in [0.717, 1.165) is 17.7 Å². The van der Waals surface area contributed by atoms with Gasteiger partial charge in [-0.2, -0.15) is 0 Å². The van der Waals surface area contributed by atoms with Gasteiger partial charge in [0, 0.05) is 5.69 Å². The fourth-order valence-electron chi connectivity index (χ4n) is 2.84. The molecule has 0 spiro atoms. The molecule has 0 fully saturated rings. The Labute approximate surface area is 165 Å². The van der Waals surface area contributed by atoms with E-state index in [1.54, 1.807) is 7.11 Å². The van der Waals surface area contributed by atoms with Gasteiger partial charge in [0.2, 0.25) is 0 Å². The van der Waals surface area contributed by atoms with Crippen LogP contribution in [0.5, 0.6) is 11.5 Å². The number of ether oxygens (including phenoxy) is 2. The zero-order valence-corrected chi connectivity index (χ0v) is 15.9. The first kappa shape index (κ1) is 19.3. The lowest BCUT2D eigenvalue weighted by Crippen LogP contribution is -2.32. The van der Waals surface area contributed by atoms with Crippen LogP contribution in [-0.2, 0) is 6.42 Å². The molecule has 0 unspecified atom stereocenters. The van der Waals surface area contributed by atoms with Gasteiger partial charge in [0.1, 0.15) is 6.61 Å². The third-order valence-corrected chi connectivity index (χ3v) is 4.22. The minimum atomic E-state index is -0.260. The number of amides is 2. The fraction of sp³-hybridized carbons (Fsp3) is 0.174. The number of hydrogen-bond donors (Lipinski definition) is 2. The highest BCUT2D eigenvalue weighted by molar-refractivity contribution is 5.90. The van der Waals surface area contributed by atoms with Gasteiger partial charge in [0.25, 0.3) is 0 Å². The monoisotopic (exact) mass is 376 g/mol. The van der Waals surface area contributed by atoms with Crippen molar-refractivity contribution in [2.24, 2.45) is 0 Å². The first-order valence-electron chi connectivity index (χ1n) is 9.19. The van der Waals surface area contributed by atoms with Crippen LogP contribution in [0.1, 0.15) is 11.1 Å². The van der Waals surface area contributed by atoms with Crippen molar-refractivity contribution in [1.82, 2.24) is 5.32 Å². The van der Waals surface area contributed by atoms with E-state index in [-0.39, 0.29) is 6.03 Å². The molecule has 2 N–H and O–H groups in total. The molecule has 0 aromatic heterocycles. The molecule has 0 aliphatic heterocycles. The Hall–Kier alpha value is -3.47. The minimum Gasteiger partial charge on any atom is -0.493 e. The van der Waals surface area contributed by atoms with Gasteiger partial charge in [0.05, 0.1) is 13.7 Å². The van der Waals surface area contributed by atoms with Crippen LogP contribution in [-0.4, -0.2) is 26.3 Å². The highest BCUT2D eigenvalue weighted by Crippen LogP contribution is 2.25. The molecule has 0 aliphatic rings. The maximum atomic E-state index is 12.2. The molecule has 144 valence electrons. The predicted molar refractivity (Wildman–Crippen MR) is 111 cm³/mol. The number of urea groups is 1. The number of benzene rings is 3. The molecule has 0 aliphatic carbocycles. The molecular weight excluding hydrogens is 352 g/mol. The molecule has 28 heavy (non-hydrogen) atoms. The molecule has 0 radical (unpaired) electrons. The van der Waals surface area contributed by atoms with Crippen molar-refractivity contribution in [3.8, 4) is 11.5 Å². The average molecular weight is 376 g/mol. The molecule has 0 saturated carbocycles. The Morgan fingerprint density at radius 2 is 1.54 bits per heavy atom. The third kappa shape index (κ3) is 5.51. The van der Waals surface area contributed by atoms with Crippen molar-refractivity contribution in [3.63, 3.8) is 0 Å². The molecular formula is C23H24N2O3. The van der Waals surface area contributed by atoms with Gasteiger partial charge < -0.3 is 20.1 Å². The average Bonchev–Trinajstić information content (AvgIpc) is 2.74. The van der Waals surface area contributed by atoms with E-state index in [0.29, 0.717) is 24.7 Å². The number of carbonyl (C=O) groups excluding carboxylic acids is 1. The van der Waals surface area contributed by atoms with E-state index in [4.69, 9.17) is 9.47 Å². The standard InChI is InChI=1S/C23H24N2O3/c1-27-21-13-7-8-14-22(21)28-16-15-24-23(26)25-20-12-6-5-11-19(20)17-18-9-3-2-4-10-18/h2-14H,15-17H2,1H3,(H2,24,25,26). The fourth-order valence-corrected chi connectivity index (χ4v) is 2.84. The summed E-state index contributed by atoms with van der Waals surface area (Å²) < 4.78 is 10.9. The second-order valence-corrected chi connectivity index (χ2v) is 6.20. The molecule has 3 aromatic carbocycles. The summed E-state index contributed by atoms with van der Waals surface area (Å²) in [7, 11) is 1.60. The topological polar surface area (TPSA) is 59.6 Å². The molecule has 3 rings (SSSR count). The lowest BCUT2D eigenvalue weighted by molar-refractivity contribution is 0.246. The summed E-state index contributed by atoms with van der Waals surface area (Å²) in [6.45, 7) is 0.726. The smallest absolute Gasteiger partial charge is 0.319 e. The van der Waals surface area contributed by atoms with Crippen molar-refractivity contribution in [3.05, 3.63) is 90.0 Å². The van der Waals surface area contributed by atoms with Gasteiger partial charge >= 0.3 is 6.03 Å². The molecule has 0 bridgehead atoms. The molecule has 3 aromatic rings. The first-order chi connectivity index (χ1) is 13.8. The third-order valence-electron chi connectivity index (χ3n) is 4.22. The predicted octanol–water partition coefficient (Wildman–Crippen LogP) is 4.49. The molecule has 0 heterocycles. The van der Waals surface area contributed by atoms with Crippen LogP contribution in [0.15, 0.2) is 78.9 Å². The van der Waals surface area contributed by atoms with E-state index < -0.39 is 0 Å². The summed E-state index contributed by atoms with van der Waals surface area (Å²) in [5.41, 5.74) is 3.06. The normalized spacial score (nSPS) is 10.2. The van der Waals surface area contributed by atoms with Crippen molar-refractivity contribution in [2.45, 2.75) is 6.42 Å². The van der Waals surface area contributed by atoms with Crippen molar-refractivity contribution >= 4 is 11.7 Å². The SMILES string of the molecule is COc1ccccc1OCCNC(=O)Nc1ccccc1Cc1ccccc1. The van der Waals surface area contributed by atoms with Crippen LogP contribution in [0.3, 0.4) is 0 Å². The van der Waals surface area contributed by atoms with Gasteiger partial charge in [-0.05, 0) is 35.7 Å². The van der Waals surface area contributed by atoms with Gasteiger partial charge in [-0.25, -0.2) is 4.79 Å². The van der Waals surface area contributed by atoms with Crippen molar-refractivity contribution in [2.75, 3.05) is 25.6 Å². The second kappa shape index (κ2) is 10.0. The highest BCUT2D eigenvalue weighted by Gasteiger charge is 2.07. The van der Waals surface area contributed by atoms with E-state index >= 15 is 0 Å². The summed E-state index contributed by atoms with van der Waals surface area (Å²) in [5.74, 6) is 1.32. The maximum absolute atomic E-state index is 12.2. The number of carbonyl (C=O) groups is 1. The Morgan fingerprint density at radius 1 is 0.857 bits per heavy atom. The van der Waals surface area contributed by atoms with Crippen LogP contribution in [0.2, 0.25) is 0 Å². The number of anilines is 1. The number of methoxy groups -OCH3 is 1. The van der Waals surface area contributed by atoms with Gasteiger partial charge in [-0.1, -0.05) is 60.7 Å². The van der Waals surface area contributed by atoms with E-state index in [2.05, 4.69) is 22.8 Å². The quantitative estimate of drug-likeness (QED) is 0.570. The maximum Gasteiger partial charge on any atom is 0.319 e. The summed E-state index contributed by atoms with van der Waals surface area (Å²) in [6.07, 6.45) is 0.758. The van der Waals surface area contributed by atoms with Gasteiger partial charge in [0.15, 0.2) is 11.5 Å². The lowest BCUT2D eigenvalue weighted by Gasteiger charge is -2.13. The number of rotatable bonds is 8.